The second kappa shape index (κ2) is 6.78. The lowest BCUT2D eigenvalue weighted by Crippen LogP contribution is -3.18. The van der Waals surface area contributed by atoms with Crippen molar-refractivity contribution in [1.82, 2.24) is 0 Å². The van der Waals surface area contributed by atoms with Crippen molar-refractivity contribution in [3.63, 3.8) is 0 Å². The van der Waals surface area contributed by atoms with Crippen LogP contribution in [0.4, 0.5) is 0 Å². The average molecular weight is 473 g/mol. The number of phenols is 1. The van der Waals surface area contributed by atoms with Crippen molar-refractivity contribution in [2.75, 3.05) is 20.7 Å². The largest absolute Gasteiger partial charge is 0.504 e. The maximum absolute atomic E-state index is 12.1. The summed E-state index contributed by atoms with van der Waals surface area (Å²) in [5.74, 6) is 0.828. The standard InChI is InChI=1S/C30H33NO4/c1-27(33,12-11-19-7-5-4-6-8-19)22-18-28-13-14-30(22,34-3)26-29(28)15-16-31(2)23(28)17-20-9-10-21(32)25(35-26)24(20)29/h4-10,13-14,18,23,26,32-33H,11-12,15-17H2,1-3H3/p+1/t23-,26?,27-,28-,29+,30-/m1/s1. The molecular formula is C30H34NO4+. The molecule has 4 aliphatic carbocycles. The lowest BCUT2D eigenvalue weighted by molar-refractivity contribution is -0.921. The fraction of sp³-hybridized carbons (Fsp3) is 0.467. The van der Waals surface area contributed by atoms with Crippen LogP contribution < -0.4 is 9.64 Å². The van der Waals surface area contributed by atoms with Gasteiger partial charge in [-0.25, -0.2) is 0 Å². The Hall–Kier alpha value is -2.60. The summed E-state index contributed by atoms with van der Waals surface area (Å²) in [7, 11) is 4.03. The predicted octanol–water partition coefficient (Wildman–Crippen LogP) is 2.50. The van der Waals surface area contributed by atoms with E-state index in [1.165, 1.54) is 21.6 Å². The molecule has 0 saturated carbocycles. The topological polar surface area (TPSA) is 63.4 Å². The first-order valence-electron chi connectivity index (χ1n) is 12.9. The van der Waals surface area contributed by atoms with E-state index in [2.05, 4.69) is 43.5 Å². The van der Waals surface area contributed by atoms with Crippen LogP contribution in [0.2, 0.25) is 0 Å². The minimum Gasteiger partial charge on any atom is -0.504 e. The highest BCUT2D eigenvalue weighted by molar-refractivity contribution is 5.68. The van der Waals surface area contributed by atoms with Crippen LogP contribution in [0.5, 0.6) is 11.5 Å². The quantitative estimate of drug-likeness (QED) is 0.586. The molecule has 0 radical (unpaired) electrons. The van der Waals surface area contributed by atoms with Gasteiger partial charge in [0.25, 0.3) is 0 Å². The summed E-state index contributed by atoms with van der Waals surface area (Å²) in [5.41, 5.74) is 2.02. The molecule has 2 unspecified atom stereocenters. The number of benzene rings is 2. The van der Waals surface area contributed by atoms with Gasteiger partial charge in [-0.3, -0.25) is 0 Å². The molecule has 2 heterocycles. The van der Waals surface area contributed by atoms with E-state index in [4.69, 9.17) is 9.47 Å². The maximum atomic E-state index is 12.1. The molecule has 182 valence electrons. The Bertz CT molecular complexity index is 1280. The van der Waals surface area contributed by atoms with E-state index in [0.717, 1.165) is 31.4 Å². The number of likely N-dealkylation sites (tertiary alicyclic amines) is 1. The van der Waals surface area contributed by atoms with Crippen molar-refractivity contribution in [2.24, 2.45) is 5.41 Å². The van der Waals surface area contributed by atoms with Gasteiger partial charge in [-0.1, -0.05) is 48.6 Å². The lowest BCUT2D eigenvalue weighted by Gasteiger charge is -2.67. The molecular weight excluding hydrogens is 438 g/mol. The molecule has 2 spiro atoms. The van der Waals surface area contributed by atoms with Crippen molar-refractivity contribution in [2.45, 2.75) is 61.4 Å². The number of piperidine rings is 1. The molecule has 0 amide bonds. The Morgan fingerprint density at radius 1 is 1.17 bits per heavy atom. The Labute approximate surface area is 206 Å². The smallest absolute Gasteiger partial charge is 0.165 e. The third-order valence-electron chi connectivity index (χ3n) is 10.1. The molecule has 4 bridgehead atoms. The van der Waals surface area contributed by atoms with E-state index in [9.17, 15) is 10.2 Å². The zero-order valence-corrected chi connectivity index (χ0v) is 20.7. The highest BCUT2D eigenvalue weighted by atomic mass is 16.6. The zero-order chi connectivity index (χ0) is 24.2. The third-order valence-corrected chi connectivity index (χ3v) is 10.1. The van der Waals surface area contributed by atoms with Gasteiger partial charge in [-0.2, -0.15) is 0 Å². The van der Waals surface area contributed by atoms with Crippen molar-refractivity contribution < 1.29 is 24.6 Å². The number of aliphatic hydroxyl groups is 1. The van der Waals surface area contributed by atoms with Gasteiger partial charge in [0.2, 0.25) is 0 Å². The first-order chi connectivity index (χ1) is 16.8. The SMILES string of the molecule is CO[C@]12C=C[C@@]3(C=C1[C@](C)(O)CCc1ccccc1)[C@H]1Cc4ccc(O)c5c4[C@@]3(CC[NH+]1C)C2O5. The maximum Gasteiger partial charge on any atom is 0.165 e. The number of aryl methyl sites for hydroxylation is 1. The highest BCUT2D eigenvalue weighted by Crippen LogP contribution is 2.72. The molecule has 0 aromatic heterocycles. The van der Waals surface area contributed by atoms with Crippen LogP contribution in [0.3, 0.4) is 0 Å². The molecule has 1 saturated heterocycles. The van der Waals surface area contributed by atoms with Gasteiger partial charge in [0.15, 0.2) is 11.5 Å². The first kappa shape index (κ1) is 21.7. The zero-order valence-electron chi connectivity index (χ0n) is 20.7. The van der Waals surface area contributed by atoms with E-state index < -0.39 is 11.2 Å². The molecule has 8 rings (SSSR count). The molecule has 6 aliphatic rings. The Balaban J connectivity index is 1.42. The van der Waals surface area contributed by atoms with Gasteiger partial charge in [-0.05, 0) is 48.6 Å². The number of aromatic hydroxyl groups is 1. The van der Waals surface area contributed by atoms with E-state index in [0.29, 0.717) is 18.2 Å². The number of quaternary nitrogens is 1. The molecule has 2 aromatic carbocycles. The summed E-state index contributed by atoms with van der Waals surface area (Å²) in [6, 6.07) is 14.5. The lowest BCUT2D eigenvalue weighted by atomic mass is 9.39. The molecule has 2 aliphatic heterocycles. The second-order valence-electron chi connectivity index (χ2n) is 11.6. The number of ether oxygens (including phenoxy) is 2. The van der Waals surface area contributed by atoms with Gasteiger partial charge in [0.05, 0.1) is 30.0 Å². The third kappa shape index (κ3) is 2.40. The minimum absolute atomic E-state index is 0.204. The molecule has 5 nitrogen and oxygen atoms in total. The molecule has 3 N–H and O–H groups in total. The number of hydrogen-bond donors (Lipinski definition) is 3. The van der Waals surface area contributed by atoms with Crippen LogP contribution in [0, 0.1) is 5.41 Å². The fourth-order valence-electron chi connectivity index (χ4n) is 8.46. The predicted molar refractivity (Wildman–Crippen MR) is 133 cm³/mol. The van der Waals surface area contributed by atoms with Crippen LogP contribution in [0.15, 0.2) is 66.3 Å². The van der Waals surface area contributed by atoms with Crippen LogP contribution in [0.25, 0.3) is 0 Å². The van der Waals surface area contributed by atoms with E-state index in [1.807, 2.05) is 25.1 Å². The van der Waals surface area contributed by atoms with Crippen LogP contribution in [-0.2, 0) is 23.0 Å². The number of hydrogen-bond acceptors (Lipinski definition) is 4. The van der Waals surface area contributed by atoms with E-state index in [1.54, 1.807) is 13.2 Å². The summed E-state index contributed by atoms with van der Waals surface area (Å²) < 4.78 is 13.2. The van der Waals surface area contributed by atoms with Crippen molar-refractivity contribution in [1.29, 1.82) is 0 Å². The molecule has 1 fully saturated rings. The summed E-state index contributed by atoms with van der Waals surface area (Å²) in [4.78, 5) is 1.51. The first-order valence-corrected chi connectivity index (χ1v) is 12.9. The minimum atomic E-state index is -1.08. The van der Waals surface area contributed by atoms with Crippen molar-refractivity contribution in [3.05, 3.63) is 83.0 Å². The van der Waals surface area contributed by atoms with Gasteiger partial charge >= 0.3 is 0 Å². The number of likely N-dealkylation sites (N-methyl/N-ethyl adjacent to an activating group) is 1. The molecule has 2 aromatic rings. The van der Waals surface area contributed by atoms with Gasteiger partial charge < -0.3 is 24.6 Å². The summed E-state index contributed by atoms with van der Waals surface area (Å²) in [6.45, 7) is 2.97. The fourth-order valence-corrected chi connectivity index (χ4v) is 8.46. The number of nitrogens with one attached hydrogen (secondary N) is 1. The van der Waals surface area contributed by atoms with E-state index >= 15 is 0 Å². The number of methoxy groups -OCH3 is 1. The van der Waals surface area contributed by atoms with Gasteiger partial charge in [0, 0.05) is 25.5 Å². The molecule has 35 heavy (non-hydrogen) atoms. The Morgan fingerprint density at radius 3 is 2.74 bits per heavy atom. The Kier molecular flexibility index (Phi) is 4.20. The Morgan fingerprint density at radius 2 is 1.97 bits per heavy atom. The van der Waals surface area contributed by atoms with Crippen molar-refractivity contribution in [3.8, 4) is 11.5 Å². The van der Waals surface area contributed by atoms with Gasteiger partial charge in [-0.15, -0.1) is 0 Å². The normalized spacial score (nSPS) is 39.0. The monoisotopic (exact) mass is 472 g/mol. The molecule has 7 atom stereocenters. The number of phenolic OH excluding ortho intramolecular Hbond substituents is 1. The van der Waals surface area contributed by atoms with Crippen LogP contribution >= 0.6 is 0 Å². The summed E-state index contributed by atoms with van der Waals surface area (Å²) in [6.07, 6.45) is 9.82. The van der Waals surface area contributed by atoms with Crippen LogP contribution in [0.1, 0.15) is 36.5 Å². The van der Waals surface area contributed by atoms with Crippen molar-refractivity contribution >= 4 is 0 Å². The summed E-state index contributed by atoms with van der Waals surface area (Å²) >= 11 is 0. The average Bonchev–Trinajstić information content (AvgIpc) is 3.24. The van der Waals surface area contributed by atoms with Gasteiger partial charge in [0.1, 0.15) is 17.7 Å². The summed E-state index contributed by atoms with van der Waals surface area (Å²) in [5, 5.41) is 23.0. The van der Waals surface area contributed by atoms with E-state index in [-0.39, 0.29) is 22.7 Å². The number of rotatable bonds is 5. The van der Waals surface area contributed by atoms with Crippen LogP contribution in [-0.4, -0.2) is 54.3 Å². The second-order valence-corrected chi connectivity index (χ2v) is 11.6. The molecule has 5 heteroatoms. The highest BCUT2D eigenvalue weighted by Gasteiger charge is 2.79.